The molecule has 2 aromatic carbocycles. The average molecular weight is 516 g/mol. The first-order chi connectivity index (χ1) is 15.9. The summed E-state index contributed by atoms with van der Waals surface area (Å²) < 4.78 is 31.5. The Balaban J connectivity index is 0.000000509. The summed E-state index contributed by atoms with van der Waals surface area (Å²) in [6.07, 6.45) is -4.27. The molecule has 182 valence electrons. The fourth-order valence-electron chi connectivity index (χ4n) is 2.86. The number of aromatic nitrogens is 3. The van der Waals surface area contributed by atoms with Crippen molar-refractivity contribution < 1.29 is 27.9 Å². The Bertz CT molecular complexity index is 1090. The molecule has 3 aromatic rings. The second-order valence-electron chi connectivity index (χ2n) is 7.18. The molecule has 12 heteroatoms. The van der Waals surface area contributed by atoms with Crippen molar-refractivity contribution in [3.63, 3.8) is 0 Å². The zero-order valence-electron chi connectivity index (χ0n) is 17.8. The number of aliphatic carboxylic acids is 1. The Morgan fingerprint density at radius 1 is 1.06 bits per heavy atom. The van der Waals surface area contributed by atoms with Crippen molar-refractivity contribution in [2.24, 2.45) is 0 Å². The number of alkyl halides is 3. The van der Waals surface area contributed by atoms with Gasteiger partial charge in [-0.1, -0.05) is 47.5 Å². The molecule has 0 aliphatic carbocycles. The van der Waals surface area contributed by atoms with Crippen molar-refractivity contribution in [1.29, 1.82) is 0 Å². The highest BCUT2D eigenvalue weighted by Gasteiger charge is 2.28. The van der Waals surface area contributed by atoms with E-state index in [9.17, 15) is 18.0 Å². The number of carboxylic acid groups (broad SMARTS) is 1. The third kappa shape index (κ3) is 9.40. The number of carbonyl (C=O) groups is 2. The zero-order chi connectivity index (χ0) is 25.3. The van der Waals surface area contributed by atoms with E-state index in [1.165, 1.54) is 0 Å². The summed E-state index contributed by atoms with van der Waals surface area (Å²) in [4.78, 5) is 25.2. The molecule has 1 heterocycles. The van der Waals surface area contributed by atoms with Crippen molar-refractivity contribution in [3.05, 3.63) is 81.4 Å². The molecule has 2 N–H and O–H groups in total. The Kier molecular flexibility index (Phi) is 9.88. The molecule has 0 saturated carbocycles. The largest absolute Gasteiger partial charge is 0.542 e. The SMILES string of the molecule is Cc1nc(CC(=O)NC[C@H](Cc2ccc(Cl)cc2)c2ccc(Cl)cc2)n[nH]1.O=C([O-])C(F)(F)F. The predicted octanol–water partition coefficient (Wildman–Crippen LogP) is 3.40. The number of rotatable bonds is 7. The lowest BCUT2D eigenvalue weighted by molar-refractivity contribution is -0.344. The lowest BCUT2D eigenvalue weighted by Crippen LogP contribution is -2.37. The van der Waals surface area contributed by atoms with Gasteiger partial charge in [0.05, 0.1) is 6.42 Å². The Morgan fingerprint density at radius 3 is 2.06 bits per heavy atom. The number of hydrogen-bond acceptors (Lipinski definition) is 5. The maximum Gasteiger partial charge on any atom is 0.430 e. The highest BCUT2D eigenvalue weighted by molar-refractivity contribution is 6.30. The van der Waals surface area contributed by atoms with Gasteiger partial charge in [-0.25, -0.2) is 4.98 Å². The monoisotopic (exact) mass is 515 g/mol. The quantitative estimate of drug-likeness (QED) is 0.500. The number of halogens is 5. The molecule has 0 fully saturated rings. The van der Waals surface area contributed by atoms with Crippen LogP contribution in [0.3, 0.4) is 0 Å². The summed E-state index contributed by atoms with van der Waals surface area (Å²) in [6, 6.07) is 15.5. The minimum Gasteiger partial charge on any atom is -0.542 e. The van der Waals surface area contributed by atoms with Crippen molar-refractivity contribution in [3.8, 4) is 0 Å². The van der Waals surface area contributed by atoms with E-state index < -0.39 is 12.1 Å². The summed E-state index contributed by atoms with van der Waals surface area (Å²) in [7, 11) is 0. The number of hydrogen-bond donors (Lipinski definition) is 2. The first-order valence-corrected chi connectivity index (χ1v) is 10.6. The predicted molar refractivity (Wildman–Crippen MR) is 118 cm³/mol. The summed E-state index contributed by atoms with van der Waals surface area (Å²) in [5.41, 5.74) is 2.27. The first-order valence-electron chi connectivity index (χ1n) is 9.86. The minimum absolute atomic E-state index is 0.107. The molecule has 0 aliphatic heterocycles. The highest BCUT2D eigenvalue weighted by atomic mass is 35.5. The third-order valence-electron chi connectivity index (χ3n) is 4.48. The average Bonchev–Trinajstić information content (AvgIpc) is 3.17. The van der Waals surface area contributed by atoms with Gasteiger partial charge in [-0.15, -0.1) is 0 Å². The summed E-state index contributed by atoms with van der Waals surface area (Å²) >= 11 is 12.0. The maximum atomic E-state index is 12.3. The molecule has 1 atom stereocenters. The molecule has 1 aromatic heterocycles. The van der Waals surface area contributed by atoms with Crippen LogP contribution in [-0.2, 0) is 22.4 Å². The molecule has 7 nitrogen and oxygen atoms in total. The Hall–Kier alpha value is -3.11. The maximum absolute atomic E-state index is 12.3. The van der Waals surface area contributed by atoms with Gasteiger partial charge in [0.1, 0.15) is 11.8 Å². The lowest BCUT2D eigenvalue weighted by Gasteiger charge is -2.18. The molecule has 0 aliphatic rings. The van der Waals surface area contributed by atoms with Gasteiger partial charge in [0.2, 0.25) is 5.91 Å². The van der Waals surface area contributed by atoms with Gasteiger partial charge in [0, 0.05) is 22.5 Å². The highest BCUT2D eigenvalue weighted by Crippen LogP contribution is 2.23. The normalized spacial score (nSPS) is 11.8. The van der Waals surface area contributed by atoms with Crippen LogP contribution in [-0.4, -0.2) is 39.8 Å². The van der Waals surface area contributed by atoms with Crippen molar-refractivity contribution in [2.45, 2.75) is 31.9 Å². The molecule has 0 bridgehead atoms. The second-order valence-corrected chi connectivity index (χ2v) is 8.06. The van der Waals surface area contributed by atoms with Crippen LogP contribution in [0, 0.1) is 6.92 Å². The van der Waals surface area contributed by atoms with Crippen molar-refractivity contribution >= 4 is 35.1 Å². The topological polar surface area (TPSA) is 111 Å². The second kappa shape index (κ2) is 12.4. The van der Waals surface area contributed by atoms with Crippen LogP contribution in [0.1, 0.15) is 28.7 Å². The Labute approximate surface area is 203 Å². The van der Waals surface area contributed by atoms with E-state index in [1.54, 1.807) is 6.92 Å². The van der Waals surface area contributed by atoms with E-state index in [-0.39, 0.29) is 18.2 Å². The number of amides is 1. The fraction of sp³-hybridized carbons (Fsp3) is 0.273. The number of nitrogens with zero attached hydrogens (tertiary/aromatic N) is 2. The molecular formula is C22H20Cl2F3N4O3-. The Morgan fingerprint density at radius 2 is 1.59 bits per heavy atom. The van der Waals surface area contributed by atoms with Crippen LogP contribution in [0.2, 0.25) is 10.0 Å². The number of aryl methyl sites for hydroxylation is 1. The number of H-pyrrole nitrogens is 1. The molecule has 0 unspecified atom stereocenters. The number of benzene rings is 2. The molecule has 1 amide bonds. The van der Waals surface area contributed by atoms with E-state index in [2.05, 4.69) is 20.5 Å². The number of aromatic amines is 1. The van der Waals surface area contributed by atoms with E-state index in [0.717, 1.165) is 17.5 Å². The summed E-state index contributed by atoms with van der Waals surface area (Å²) in [5, 5.41) is 19.9. The smallest absolute Gasteiger partial charge is 0.430 e. The van der Waals surface area contributed by atoms with Crippen LogP contribution < -0.4 is 10.4 Å². The van der Waals surface area contributed by atoms with Crippen molar-refractivity contribution in [1.82, 2.24) is 20.5 Å². The molecule has 3 rings (SSSR count). The first kappa shape index (κ1) is 27.1. The van der Waals surface area contributed by atoms with Crippen LogP contribution >= 0.6 is 23.2 Å². The van der Waals surface area contributed by atoms with Crippen LogP contribution in [0.15, 0.2) is 48.5 Å². The zero-order valence-corrected chi connectivity index (χ0v) is 19.3. The minimum atomic E-state index is -5.19. The van der Waals surface area contributed by atoms with Gasteiger partial charge in [0.25, 0.3) is 0 Å². The van der Waals surface area contributed by atoms with Gasteiger partial charge in [-0.3, -0.25) is 9.89 Å². The van der Waals surface area contributed by atoms with Gasteiger partial charge in [-0.05, 0) is 48.7 Å². The standard InChI is InChI=1S/C20H20Cl2N4O.C2HF3O2/c1-13-24-19(26-25-13)11-20(27)23-12-16(15-4-8-18(22)9-5-15)10-14-2-6-17(21)7-3-14;3-2(4,5)1(6)7/h2-9,16H,10-12H2,1H3,(H,23,27)(H,24,25,26);(H,6,7)/p-1/t16-;/m0./s1. The molecular weight excluding hydrogens is 496 g/mol. The fourth-order valence-corrected chi connectivity index (χ4v) is 3.11. The van der Waals surface area contributed by atoms with Crippen LogP contribution in [0.5, 0.6) is 0 Å². The summed E-state index contributed by atoms with van der Waals surface area (Å²) in [6.45, 7) is 2.31. The van der Waals surface area contributed by atoms with Gasteiger partial charge >= 0.3 is 6.18 Å². The van der Waals surface area contributed by atoms with E-state index in [4.69, 9.17) is 33.1 Å². The van der Waals surface area contributed by atoms with E-state index in [0.29, 0.717) is 28.2 Å². The van der Waals surface area contributed by atoms with Gasteiger partial charge < -0.3 is 15.2 Å². The van der Waals surface area contributed by atoms with E-state index in [1.807, 2.05) is 48.5 Å². The molecule has 0 radical (unpaired) electrons. The number of carbonyl (C=O) groups excluding carboxylic acids is 2. The number of carboxylic acids is 1. The molecule has 34 heavy (non-hydrogen) atoms. The third-order valence-corrected chi connectivity index (χ3v) is 4.98. The van der Waals surface area contributed by atoms with Crippen LogP contribution in [0.4, 0.5) is 13.2 Å². The summed E-state index contributed by atoms with van der Waals surface area (Å²) in [5.74, 6) is -1.82. The van der Waals surface area contributed by atoms with E-state index >= 15 is 0 Å². The van der Waals surface area contributed by atoms with Gasteiger partial charge in [0.15, 0.2) is 5.82 Å². The lowest BCUT2D eigenvalue weighted by atomic mass is 9.92. The van der Waals surface area contributed by atoms with Gasteiger partial charge in [-0.2, -0.15) is 18.3 Å². The number of nitrogens with one attached hydrogen (secondary N) is 2. The van der Waals surface area contributed by atoms with Crippen molar-refractivity contribution in [2.75, 3.05) is 6.54 Å². The van der Waals surface area contributed by atoms with Crippen LogP contribution in [0.25, 0.3) is 0 Å². The molecule has 0 spiro atoms. The molecule has 0 saturated heterocycles.